The molecular weight excluding hydrogens is 683 g/mol. The molecular formula is C41H40O10P+. The van der Waals surface area contributed by atoms with Crippen LogP contribution >= 0.6 is 8.69 Å². The Morgan fingerprint density at radius 3 is 1.37 bits per heavy atom. The van der Waals surface area contributed by atoms with Crippen molar-refractivity contribution in [2.75, 3.05) is 0 Å². The van der Waals surface area contributed by atoms with Gasteiger partial charge in [0.05, 0.1) is 32.3 Å². The first-order valence-electron chi connectivity index (χ1n) is 16.9. The zero-order valence-corrected chi connectivity index (χ0v) is 29.3. The summed E-state index contributed by atoms with van der Waals surface area (Å²) in [5.41, 5.74) is 2.59. The summed E-state index contributed by atoms with van der Waals surface area (Å²) < 4.78 is 58.3. The lowest BCUT2D eigenvalue weighted by atomic mass is 9.91. The van der Waals surface area contributed by atoms with Crippen molar-refractivity contribution in [3.05, 3.63) is 168 Å². The van der Waals surface area contributed by atoms with Gasteiger partial charge in [0.15, 0.2) is 6.10 Å². The highest BCUT2D eigenvalue weighted by Crippen LogP contribution is 2.41. The van der Waals surface area contributed by atoms with Gasteiger partial charge in [-0.25, -0.2) is 0 Å². The van der Waals surface area contributed by atoms with Gasteiger partial charge >= 0.3 is 20.6 Å². The third-order valence-corrected chi connectivity index (χ3v) is 8.77. The fourth-order valence-corrected chi connectivity index (χ4v) is 6.33. The lowest BCUT2D eigenvalue weighted by Gasteiger charge is -2.49. The molecule has 0 saturated carbocycles. The van der Waals surface area contributed by atoms with E-state index in [0.717, 1.165) is 16.7 Å². The first-order chi connectivity index (χ1) is 25.5. The molecule has 1 N–H and O–H groups in total. The monoisotopic (exact) mass is 723 g/mol. The van der Waals surface area contributed by atoms with Gasteiger partial charge in [-0.3, -0.25) is 4.79 Å². The van der Waals surface area contributed by atoms with Crippen LogP contribution in [0.3, 0.4) is 0 Å². The number of carbonyl (C=O) groups is 1. The third kappa shape index (κ3) is 9.89. The van der Waals surface area contributed by atoms with E-state index in [1.807, 2.05) is 103 Å². The van der Waals surface area contributed by atoms with E-state index in [2.05, 4.69) is 0 Å². The number of carboxylic acid groups (broad SMARTS) is 1. The van der Waals surface area contributed by atoms with Gasteiger partial charge in [0.1, 0.15) is 29.8 Å². The minimum absolute atomic E-state index is 0.0952. The molecule has 0 spiro atoms. The van der Waals surface area contributed by atoms with E-state index in [9.17, 15) is 14.5 Å². The summed E-state index contributed by atoms with van der Waals surface area (Å²) >= 11 is 0. The number of hydrogen-bond donors (Lipinski definition) is 1. The smallest absolute Gasteiger partial charge is 0.481 e. The van der Waals surface area contributed by atoms with Crippen LogP contribution in [0.4, 0.5) is 0 Å². The van der Waals surface area contributed by atoms with Crippen LogP contribution < -0.4 is 9.47 Å². The van der Waals surface area contributed by atoms with E-state index in [0.29, 0.717) is 11.5 Å². The van der Waals surface area contributed by atoms with Crippen LogP contribution in [0.25, 0.3) is 0 Å². The summed E-state index contributed by atoms with van der Waals surface area (Å²) in [6.07, 6.45) is -6.03. The molecule has 6 unspecified atom stereocenters. The number of aliphatic carboxylic acids is 1. The minimum Gasteiger partial charge on any atom is -0.481 e. The Bertz CT molecular complexity index is 1760. The fraction of sp³-hybridized carbons (Fsp3) is 0.244. The van der Waals surface area contributed by atoms with Gasteiger partial charge in [-0.1, -0.05) is 132 Å². The van der Waals surface area contributed by atoms with E-state index >= 15 is 0 Å². The van der Waals surface area contributed by atoms with Gasteiger partial charge in [0.2, 0.25) is 0 Å². The van der Waals surface area contributed by atoms with Gasteiger partial charge in [0, 0.05) is 0 Å². The second-order valence-corrected chi connectivity index (χ2v) is 12.5. The van der Waals surface area contributed by atoms with Crippen LogP contribution in [0.1, 0.15) is 23.1 Å². The highest BCUT2D eigenvalue weighted by Gasteiger charge is 2.63. The lowest BCUT2D eigenvalue weighted by molar-refractivity contribution is -0.371. The molecule has 1 aliphatic heterocycles. The number of para-hydroxylation sites is 2. The Morgan fingerprint density at radius 1 is 0.577 bits per heavy atom. The zero-order valence-electron chi connectivity index (χ0n) is 28.3. The molecule has 0 radical (unpaired) electrons. The quantitative estimate of drug-likeness (QED) is 0.0710. The molecule has 6 atom stereocenters. The maximum absolute atomic E-state index is 12.6. The summed E-state index contributed by atoms with van der Waals surface area (Å²) in [6.45, 7) is 0.361. The van der Waals surface area contributed by atoms with Crippen molar-refractivity contribution in [1.82, 2.24) is 0 Å². The van der Waals surface area contributed by atoms with Crippen LogP contribution in [0.15, 0.2) is 152 Å². The van der Waals surface area contributed by atoms with Crippen molar-refractivity contribution in [2.45, 2.75) is 62.7 Å². The summed E-state index contributed by atoms with van der Waals surface area (Å²) in [5, 5.41) is 10.2. The number of carboxylic acids is 1. The van der Waals surface area contributed by atoms with Crippen molar-refractivity contribution in [3.8, 4) is 11.5 Å². The molecule has 5 aromatic rings. The molecule has 1 saturated heterocycles. The van der Waals surface area contributed by atoms with Crippen molar-refractivity contribution < 1.29 is 47.4 Å². The summed E-state index contributed by atoms with van der Waals surface area (Å²) in [6, 6.07) is 46.1. The highest BCUT2D eigenvalue weighted by molar-refractivity contribution is 7.17. The Kier molecular flexibility index (Phi) is 13.1. The molecule has 5 aromatic carbocycles. The molecule has 0 amide bonds. The second-order valence-electron chi connectivity index (χ2n) is 12.1. The predicted octanol–water partition coefficient (Wildman–Crippen LogP) is 7.75. The number of benzene rings is 5. The Balaban J connectivity index is 1.48. The molecule has 6 rings (SSSR count). The molecule has 52 heavy (non-hydrogen) atoms. The molecule has 1 heterocycles. The Hall–Kier alpha value is -4.93. The van der Waals surface area contributed by atoms with E-state index in [1.165, 1.54) is 0 Å². The maximum atomic E-state index is 12.6. The normalized spacial score (nSPS) is 20.3. The van der Waals surface area contributed by atoms with Gasteiger partial charge in [-0.15, -0.1) is 0 Å². The van der Waals surface area contributed by atoms with Gasteiger partial charge in [0.25, 0.3) is 0 Å². The van der Waals surface area contributed by atoms with Crippen molar-refractivity contribution in [1.29, 1.82) is 0 Å². The van der Waals surface area contributed by atoms with E-state index in [-0.39, 0.29) is 19.8 Å². The number of hydrogen-bond acceptors (Lipinski definition) is 9. The first kappa shape index (κ1) is 36.8. The summed E-state index contributed by atoms with van der Waals surface area (Å²) in [5.74, 6) is -2.80. The number of ether oxygens (including phenoxy) is 6. The molecule has 0 bridgehead atoms. The lowest BCUT2D eigenvalue weighted by Crippen LogP contribution is -2.69. The molecule has 1 fully saturated rings. The third-order valence-electron chi connectivity index (χ3n) is 8.40. The Labute approximate surface area is 304 Å². The zero-order chi connectivity index (χ0) is 36.0. The van der Waals surface area contributed by atoms with E-state index in [1.54, 1.807) is 48.5 Å². The molecule has 0 aromatic heterocycles. The number of rotatable bonds is 18. The first-order valence-corrected chi connectivity index (χ1v) is 17.7. The largest absolute Gasteiger partial charge is 0.501 e. The van der Waals surface area contributed by atoms with Gasteiger partial charge < -0.3 is 33.5 Å². The fourth-order valence-electron chi connectivity index (χ4n) is 6.01. The van der Waals surface area contributed by atoms with Crippen LogP contribution in [-0.4, -0.2) is 47.6 Å². The predicted molar refractivity (Wildman–Crippen MR) is 193 cm³/mol. The van der Waals surface area contributed by atoms with Crippen molar-refractivity contribution in [2.24, 2.45) is 0 Å². The topological polar surface area (TPSA) is 119 Å². The molecule has 268 valence electrons. The SMILES string of the molecule is O=[PH+]OC(Oc1ccccc1)(Oc1ccccc1)C1OC(CC(=O)O)C(OCc2ccccc2)C(OCc2ccccc2)C1OCc1ccccc1. The van der Waals surface area contributed by atoms with Crippen LogP contribution in [0, 0.1) is 0 Å². The molecule has 1 aliphatic rings. The average molecular weight is 724 g/mol. The average Bonchev–Trinajstić information content (AvgIpc) is 3.17. The van der Waals surface area contributed by atoms with E-state index < -0.39 is 57.6 Å². The standard InChI is InChI=1S/C41H39O10P/c42-36(43)26-35-37(45-27-30-16-6-1-7-17-30)38(46-28-31-18-8-2-9-19-31)39(47-29-32-20-10-3-11-21-32)40(48-35)41(51-52-44,49-33-22-12-4-13-23-33)50-34-24-14-5-15-25-34/h1-25,35,37-40,52H,26-29H2/p+1. The van der Waals surface area contributed by atoms with Crippen LogP contribution in [-0.2, 0) is 52.7 Å². The minimum atomic E-state index is -2.28. The van der Waals surface area contributed by atoms with Gasteiger partial charge in [-0.05, 0) is 45.5 Å². The highest BCUT2D eigenvalue weighted by atomic mass is 31.1. The molecule has 0 aliphatic carbocycles. The summed E-state index contributed by atoms with van der Waals surface area (Å²) in [4.78, 5) is 12.5. The van der Waals surface area contributed by atoms with Crippen molar-refractivity contribution >= 4 is 14.7 Å². The van der Waals surface area contributed by atoms with Crippen molar-refractivity contribution in [3.63, 3.8) is 0 Å². The van der Waals surface area contributed by atoms with Crippen LogP contribution in [0.2, 0.25) is 0 Å². The van der Waals surface area contributed by atoms with E-state index in [4.69, 9.17) is 32.9 Å². The summed E-state index contributed by atoms with van der Waals surface area (Å²) in [7, 11) is -1.39. The van der Waals surface area contributed by atoms with Crippen LogP contribution in [0.5, 0.6) is 11.5 Å². The molecule has 10 nitrogen and oxygen atoms in total. The second kappa shape index (κ2) is 18.5. The Morgan fingerprint density at radius 2 is 0.962 bits per heavy atom. The molecule has 11 heteroatoms. The van der Waals surface area contributed by atoms with Gasteiger partial charge in [-0.2, -0.15) is 0 Å². The maximum Gasteiger partial charge on any atom is 0.501 e.